The van der Waals surface area contributed by atoms with Crippen molar-refractivity contribution in [2.24, 2.45) is 0 Å². The monoisotopic (exact) mass is 482 g/mol. The maximum Gasteiger partial charge on any atom is 0.293 e. The number of rotatable bonds is 8. The topological polar surface area (TPSA) is 105 Å². The van der Waals surface area contributed by atoms with Crippen LogP contribution in [0.15, 0.2) is 41.3 Å². The van der Waals surface area contributed by atoms with Gasteiger partial charge in [-0.3, -0.25) is 10.1 Å². The van der Waals surface area contributed by atoms with Crippen molar-refractivity contribution in [2.45, 2.75) is 24.8 Å². The van der Waals surface area contributed by atoms with Gasteiger partial charge in [-0.1, -0.05) is 17.7 Å². The van der Waals surface area contributed by atoms with Crippen LogP contribution in [0.3, 0.4) is 0 Å². The molecule has 0 spiro atoms. The lowest BCUT2D eigenvalue weighted by Gasteiger charge is -2.37. The highest BCUT2D eigenvalue weighted by Crippen LogP contribution is 2.33. The van der Waals surface area contributed by atoms with Gasteiger partial charge in [0, 0.05) is 56.1 Å². The van der Waals surface area contributed by atoms with Gasteiger partial charge in [0.1, 0.15) is 5.69 Å². The van der Waals surface area contributed by atoms with Gasteiger partial charge in [0.05, 0.1) is 16.4 Å². The van der Waals surface area contributed by atoms with E-state index in [0.717, 1.165) is 17.3 Å². The van der Waals surface area contributed by atoms with Gasteiger partial charge >= 0.3 is 0 Å². The molecule has 2 aromatic carbocycles. The zero-order valence-corrected chi connectivity index (χ0v) is 19.8. The van der Waals surface area contributed by atoms with Gasteiger partial charge in [0.15, 0.2) is 0 Å². The second kappa shape index (κ2) is 10.0. The van der Waals surface area contributed by atoms with Crippen molar-refractivity contribution in [3.63, 3.8) is 0 Å². The highest BCUT2D eigenvalue weighted by Gasteiger charge is 2.27. The molecule has 32 heavy (non-hydrogen) atoms. The fourth-order valence-corrected chi connectivity index (χ4v) is 5.23. The third kappa shape index (κ3) is 5.50. The minimum absolute atomic E-state index is 0.149. The first-order valence-corrected chi connectivity index (χ1v) is 12.0. The molecule has 0 aliphatic carbocycles. The molecule has 1 N–H and O–H groups in total. The van der Waals surface area contributed by atoms with E-state index in [0.29, 0.717) is 36.9 Å². The molecule has 174 valence electrons. The van der Waals surface area contributed by atoms with Gasteiger partial charge < -0.3 is 14.5 Å². The van der Waals surface area contributed by atoms with Crippen LogP contribution in [0.2, 0.25) is 5.02 Å². The smallest absolute Gasteiger partial charge is 0.293 e. The normalized spacial score (nSPS) is 15.6. The molecule has 1 aliphatic rings. The van der Waals surface area contributed by atoms with E-state index in [4.69, 9.17) is 16.3 Å². The zero-order valence-electron chi connectivity index (χ0n) is 18.2. The summed E-state index contributed by atoms with van der Waals surface area (Å²) < 4.78 is 32.7. The number of benzene rings is 2. The van der Waals surface area contributed by atoms with E-state index in [-0.39, 0.29) is 17.2 Å². The number of nitro benzene ring substituents is 1. The number of anilines is 2. The van der Waals surface area contributed by atoms with Crippen LogP contribution >= 0.6 is 11.6 Å². The van der Waals surface area contributed by atoms with E-state index in [1.807, 2.05) is 30.0 Å². The molecular weight excluding hydrogens is 456 g/mol. The molecule has 1 heterocycles. The second-order valence-electron chi connectivity index (χ2n) is 7.79. The summed E-state index contributed by atoms with van der Waals surface area (Å²) in [5.41, 5.74) is 2.32. The summed E-state index contributed by atoms with van der Waals surface area (Å²) in [7, 11) is -2.44. The first-order chi connectivity index (χ1) is 15.1. The summed E-state index contributed by atoms with van der Waals surface area (Å²) in [5, 5.41) is 12.4. The largest absolute Gasteiger partial charge is 0.383 e. The number of sulfonamides is 1. The quantitative estimate of drug-likeness (QED) is 0.455. The highest BCUT2D eigenvalue weighted by atomic mass is 35.5. The number of nitrogens with zero attached hydrogens (tertiary/aromatic N) is 3. The minimum atomic E-state index is -3.91. The van der Waals surface area contributed by atoms with Crippen LogP contribution in [0.4, 0.5) is 17.1 Å². The van der Waals surface area contributed by atoms with E-state index >= 15 is 0 Å². The van der Waals surface area contributed by atoms with Crippen LogP contribution in [0.5, 0.6) is 0 Å². The summed E-state index contributed by atoms with van der Waals surface area (Å²) in [4.78, 5) is 15.2. The summed E-state index contributed by atoms with van der Waals surface area (Å²) in [6, 6.07) is 9.30. The highest BCUT2D eigenvalue weighted by molar-refractivity contribution is 7.89. The Bertz CT molecular complexity index is 1090. The molecule has 0 aromatic heterocycles. The van der Waals surface area contributed by atoms with Crippen molar-refractivity contribution in [1.29, 1.82) is 0 Å². The summed E-state index contributed by atoms with van der Waals surface area (Å²) >= 11 is 6.14. The molecule has 0 bridgehead atoms. The number of piperazine rings is 1. The van der Waals surface area contributed by atoms with E-state index in [1.54, 1.807) is 6.92 Å². The molecular formula is C21H27ClN4O5S. The van der Waals surface area contributed by atoms with Gasteiger partial charge in [-0.2, -0.15) is 0 Å². The second-order valence-corrected chi connectivity index (χ2v) is 9.94. The predicted octanol–water partition coefficient (Wildman–Crippen LogP) is 3.20. The standard InChI is InChI=1S/C21H27ClN4O5S/c1-15-4-5-17(22)12-20(15)25-10-8-24(9-11-25)19-7-6-18(13-21(19)26(27)28)32(29,30)23-16(2)14-31-3/h4-7,12-13,16,23H,8-11,14H2,1-3H3. The molecule has 0 amide bonds. The number of hydrogen-bond donors (Lipinski definition) is 1. The molecule has 0 radical (unpaired) electrons. The van der Waals surface area contributed by atoms with Crippen LogP contribution in [0.25, 0.3) is 0 Å². The number of nitrogens with one attached hydrogen (secondary N) is 1. The summed E-state index contributed by atoms with van der Waals surface area (Å²) in [5.74, 6) is 0. The zero-order chi connectivity index (χ0) is 23.5. The molecule has 1 unspecified atom stereocenters. The maximum absolute atomic E-state index is 12.6. The van der Waals surface area contributed by atoms with Gasteiger partial charge in [-0.25, -0.2) is 13.1 Å². The lowest BCUT2D eigenvalue weighted by molar-refractivity contribution is -0.384. The molecule has 3 rings (SSSR count). The number of hydrogen-bond acceptors (Lipinski definition) is 7. The molecule has 1 saturated heterocycles. The molecule has 0 saturated carbocycles. The van der Waals surface area contributed by atoms with Crippen molar-refractivity contribution in [3.05, 3.63) is 57.1 Å². The van der Waals surface area contributed by atoms with Gasteiger partial charge in [-0.05, 0) is 43.7 Å². The number of nitro groups is 1. The van der Waals surface area contributed by atoms with Gasteiger partial charge in [-0.15, -0.1) is 0 Å². The molecule has 2 aromatic rings. The van der Waals surface area contributed by atoms with Crippen LogP contribution in [0.1, 0.15) is 12.5 Å². The number of halogens is 1. The van der Waals surface area contributed by atoms with Crippen LogP contribution in [-0.4, -0.2) is 59.3 Å². The number of aryl methyl sites for hydroxylation is 1. The first-order valence-electron chi connectivity index (χ1n) is 10.2. The fraction of sp³-hybridized carbons (Fsp3) is 0.429. The van der Waals surface area contributed by atoms with E-state index in [2.05, 4.69) is 9.62 Å². The van der Waals surface area contributed by atoms with Crippen molar-refractivity contribution in [1.82, 2.24) is 4.72 Å². The van der Waals surface area contributed by atoms with E-state index in [9.17, 15) is 18.5 Å². The lowest BCUT2D eigenvalue weighted by Crippen LogP contribution is -2.47. The minimum Gasteiger partial charge on any atom is -0.383 e. The Labute approximate surface area is 193 Å². The molecule has 1 aliphatic heterocycles. The average molecular weight is 483 g/mol. The van der Waals surface area contributed by atoms with Crippen molar-refractivity contribution in [2.75, 3.05) is 49.7 Å². The molecule has 1 fully saturated rings. The van der Waals surface area contributed by atoms with Crippen molar-refractivity contribution >= 4 is 38.7 Å². The Kier molecular flexibility index (Phi) is 7.60. The third-order valence-corrected chi connectivity index (χ3v) is 7.18. The predicted molar refractivity (Wildman–Crippen MR) is 125 cm³/mol. The summed E-state index contributed by atoms with van der Waals surface area (Å²) in [6.45, 7) is 6.30. The molecule has 1 atom stereocenters. The van der Waals surface area contributed by atoms with Gasteiger partial charge in [0.2, 0.25) is 10.0 Å². The van der Waals surface area contributed by atoms with Crippen molar-refractivity contribution in [3.8, 4) is 0 Å². The lowest BCUT2D eigenvalue weighted by atomic mass is 10.1. The van der Waals surface area contributed by atoms with Crippen molar-refractivity contribution < 1.29 is 18.1 Å². The van der Waals surface area contributed by atoms with Crippen LogP contribution in [0, 0.1) is 17.0 Å². The SMILES string of the molecule is COCC(C)NS(=O)(=O)c1ccc(N2CCN(c3cc(Cl)ccc3C)CC2)c([N+](=O)[O-])c1. The van der Waals surface area contributed by atoms with Crippen LogP contribution in [-0.2, 0) is 14.8 Å². The third-order valence-electron chi connectivity index (χ3n) is 5.36. The Morgan fingerprint density at radius 1 is 1.12 bits per heavy atom. The summed E-state index contributed by atoms with van der Waals surface area (Å²) in [6.07, 6.45) is 0. The Morgan fingerprint density at radius 3 is 2.34 bits per heavy atom. The molecule has 9 nitrogen and oxygen atoms in total. The van der Waals surface area contributed by atoms with E-state index in [1.165, 1.54) is 19.2 Å². The fourth-order valence-electron chi connectivity index (χ4n) is 3.81. The first kappa shape index (κ1) is 24.2. The Hall–Kier alpha value is -2.40. The van der Waals surface area contributed by atoms with E-state index < -0.39 is 21.0 Å². The average Bonchev–Trinajstić information content (AvgIpc) is 2.75. The maximum atomic E-state index is 12.6. The van der Waals surface area contributed by atoms with Gasteiger partial charge in [0.25, 0.3) is 5.69 Å². The number of ether oxygens (including phenoxy) is 1. The Balaban J connectivity index is 1.80. The Morgan fingerprint density at radius 2 is 1.75 bits per heavy atom. The molecule has 11 heteroatoms. The number of methoxy groups -OCH3 is 1. The van der Waals surface area contributed by atoms with Crippen LogP contribution < -0.4 is 14.5 Å².